The van der Waals surface area contributed by atoms with E-state index < -0.39 is 23.9 Å². The predicted octanol–water partition coefficient (Wildman–Crippen LogP) is 5.17. The smallest absolute Gasteiger partial charge is 0.329 e. The zero-order valence-electron chi connectivity index (χ0n) is 24.3. The molecule has 0 saturated heterocycles. The molecule has 222 valence electrons. The van der Waals surface area contributed by atoms with Gasteiger partial charge in [0.15, 0.2) is 5.12 Å². The van der Waals surface area contributed by atoms with Crippen LogP contribution in [0.4, 0.5) is 0 Å². The van der Waals surface area contributed by atoms with E-state index in [1.165, 1.54) is 13.8 Å². The molecule has 0 fully saturated rings. The van der Waals surface area contributed by atoms with E-state index in [4.69, 9.17) is 14.2 Å². The molecule has 0 radical (unpaired) electrons. The van der Waals surface area contributed by atoms with E-state index >= 15 is 0 Å². The van der Waals surface area contributed by atoms with Crippen molar-refractivity contribution >= 4 is 34.7 Å². The van der Waals surface area contributed by atoms with Crippen LogP contribution in [-0.4, -0.2) is 41.9 Å². The SMILES string of the molecule is COc1ccc(CC(C)C(CSC(C)=O)C(=O)N[C@@H](Cc2ccc(OC(C)=O)cc2)C(=O)OCc2ccccc2)cc1. The third-order valence-electron chi connectivity index (χ3n) is 6.66. The van der Waals surface area contributed by atoms with Crippen LogP contribution in [0.15, 0.2) is 78.9 Å². The number of carbonyl (C=O) groups is 4. The maximum Gasteiger partial charge on any atom is 0.329 e. The largest absolute Gasteiger partial charge is 0.497 e. The van der Waals surface area contributed by atoms with Gasteiger partial charge in [0, 0.05) is 26.0 Å². The Morgan fingerprint density at radius 3 is 1.95 bits per heavy atom. The average molecular weight is 592 g/mol. The molecule has 0 aromatic heterocycles. The lowest BCUT2D eigenvalue weighted by Gasteiger charge is -2.26. The van der Waals surface area contributed by atoms with E-state index in [9.17, 15) is 19.2 Å². The lowest BCUT2D eigenvalue weighted by Crippen LogP contribution is -2.47. The first-order chi connectivity index (χ1) is 20.1. The van der Waals surface area contributed by atoms with Crippen LogP contribution in [0.2, 0.25) is 0 Å². The van der Waals surface area contributed by atoms with Crippen molar-refractivity contribution in [1.29, 1.82) is 0 Å². The van der Waals surface area contributed by atoms with E-state index in [1.807, 2.05) is 61.5 Å². The van der Waals surface area contributed by atoms with E-state index in [1.54, 1.807) is 31.4 Å². The fraction of sp³-hybridized carbons (Fsp3) is 0.333. The Morgan fingerprint density at radius 1 is 0.786 bits per heavy atom. The average Bonchev–Trinajstić information content (AvgIpc) is 2.97. The van der Waals surface area contributed by atoms with Crippen molar-refractivity contribution in [2.75, 3.05) is 12.9 Å². The minimum absolute atomic E-state index is 0.0644. The van der Waals surface area contributed by atoms with Gasteiger partial charge in [-0.15, -0.1) is 0 Å². The highest BCUT2D eigenvalue weighted by atomic mass is 32.2. The number of hydrogen-bond acceptors (Lipinski definition) is 8. The Kier molecular flexibility index (Phi) is 12.6. The molecule has 9 heteroatoms. The summed E-state index contributed by atoms with van der Waals surface area (Å²) in [6.07, 6.45) is 0.764. The Balaban J connectivity index is 1.79. The molecule has 0 aliphatic heterocycles. The Hall–Kier alpha value is -4.11. The quantitative estimate of drug-likeness (QED) is 0.202. The molecular formula is C33H37NO7S. The van der Waals surface area contributed by atoms with Crippen LogP contribution in [0, 0.1) is 11.8 Å². The first-order valence-corrected chi connectivity index (χ1v) is 14.7. The summed E-state index contributed by atoms with van der Waals surface area (Å²) in [5.41, 5.74) is 2.60. The molecule has 0 aliphatic rings. The molecule has 3 aromatic carbocycles. The summed E-state index contributed by atoms with van der Waals surface area (Å²) in [6.45, 7) is 4.82. The summed E-state index contributed by atoms with van der Waals surface area (Å²) in [7, 11) is 1.60. The number of hydrogen-bond donors (Lipinski definition) is 1. The Bertz CT molecular complexity index is 1330. The number of thioether (sulfide) groups is 1. The topological polar surface area (TPSA) is 108 Å². The number of rotatable bonds is 14. The van der Waals surface area contributed by atoms with Crippen LogP contribution in [0.5, 0.6) is 11.5 Å². The van der Waals surface area contributed by atoms with E-state index in [-0.39, 0.29) is 35.7 Å². The highest BCUT2D eigenvalue weighted by molar-refractivity contribution is 8.13. The molecular weight excluding hydrogens is 554 g/mol. The number of amides is 1. The second-order valence-corrected chi connectivity index (χ2v) is 11.2. The van der Waals surface area contributed by atoms with E-state index in [2.05, 4.69) is 5.32 Å². The van der Waals surface area contributed by atoms with Gasteiger partial charge >= 0.3 is 11.9 Å². The Labute approximate surface area is 251 Å². The molecule has 0 bridgehead atoms. The van der Waals surface area contributed by atoms with Crippen LogP contribution >= 0.6 is 11.8 Å². The van der Waals surface area contributed by atoms with Gasteiger partial charge in [-0.25, -0.2) is 4.79 Å². The molecule has 3 aromatic rings. The van der Waals surface area contributed by atoms with Crippen molar-refractivity contribution in [2.24, 2.45) is 11.8 Å². The summed E-state index contributed by atoms with van der Waals surface area (Å²) >= 11 is 1.09. The molecule has 1 N–H and O–H groups in total. The van der Waals surface area contributed by atoms with Gasteiger partial charge in [0.1, 0.15) is 24.1 Å². The molecule has 42 heavy (non-hydrogen) atoms. The zero-order chi connectivity index (χ0) is 30.5. The minimum atomic E-state index is -0.973. The van der Waals surface area contributed by atoms with Crippen molar-refractivity contribution in [2.45, 2.75) is 46.3 Å². The van der Waals surface area contributed by atoms with Gasteiger partial charge in [0.2, 0.25) is 5.91 Å². The summed E-state index contributed by atoms with van der Waals surface area (Å²) in [6, 6.07) is 22.7. The highest BCUT2D eigenvalue weighted by Gasteiger charge is 2.31. The molecule has 1 amide bonds. The fourth-order valence-corrected chi connectivity index (χ4v) is 5.27. The molecule has 0 heterocycles. The van der Waals surface area contributed by atoms with Crippen LogP contribution in [0.3, 0.4) is 0 Å². The number of carbonyl (C=O) groups excluding carboxylic acids is 4. The number of nitrogens with one attached hydrogen (secondary N) is 1. The lowest BCUT2D eigenvalue weighted by molar-refractivity contribution is -0.149. The molecule has 8 nitrogen and oxygen atoms in total. The molecule has 0 aliphatic carbocycles. The van der Waals surface area contributed by atoms with E-state index in [0.717, 1.165) is 34.2 Å². The van der Waals surface area contributed by atoms with Crippen molar-refractivity contribution < 1.29 is 33.4 Å². The summed E-state index contributed by atoms with van der Waals surface area (Å²) in [4.78, 5) is 50.1. The van der Waals surface area contributed by atoms with Crippen molar-refractivity contribution in [3.63, 3.8) is 0 Å². The second-order valence-electron chi connectivity index (χ2n) is 10.0. The van der Waals surface area contributed by atoms with Gasteiger partial charge < -0.3 is 19.5 Å². The maximum atomic E-state index is 13.7. The van der Waals surface area contributed by atoms with Crippen LogP contribution in [0.25, 0.3) is 0 Å². The molecule has 2 unspecified atom stereocenters. The molecule has 3 rings (SSSR count). The first kappa shape index (κ1) is 32.4. The zero-order valence-corrected chi connectivity index (χ0v) is 25.1. The summed E-state index contributed by atoms with van der Waals surface area (Å²) < 4.78 is 15.9. The molecule has 0 spiro atoms. The number of benzene rings is 3. The number of methoxy groups -OCH3 is 1. The van der Waals surface area contributed by atoms with Crippen molar-refractivity contribution in [3.8, 4) is 11.5 Å². The van der Waals surface area contributed by atoms with Gasteiger partial charge in [0.05, 0.1) is 13.0 Å². The van der Waals surface area contributed by atoms with Crippen molar-refractivity contribution in [1.82, 2.24) is 5.32 Å². The molecule has 0 saturated carbocycles. The Morgan fingerprint density at radius 2 is 1.38 bits per heavy atom. The normalized spacial score (nSPS) is 12.9. The van der Waals surface area contributed by atoms with Crippen molar-refractivity contribution in [3.05, 3.63) is 95.6 Å². The number of esters is 2. The van der Waals surface area contributed by atoms with Gasteiger partial charge in [-0.2, -0.15) is 0 Å². The van der Waals surface area contributed by atoms with Gasteiger partial charge in [-0.1, -0.05) is 73.3 Å². The second kappa shape index (κ2) is 16.4. The minimum Gasteiger partial charge on any atom is -0.497 e. The highest BCUT2D eigenvalue weighted by Crippen LogP contribution is 2.24. The third-order valence-corrected chi connectivity index (χ3v) is 7.59. The fourth-order valence-electron chi connectivity index (χ4n) is 4.38. The summed E-state index contributed by atoms with van der Waals surface area (Å²) in [5, 5.41) is 2.83. The standard InChI is InChI=1S/C33H37NO7S/c1-22(18-25-10-14-28(39-4)15-11-25)30(21-42-24(3)36)32(37)34-31(33(38)40-20-27-8-6-5-7-9-27)19-26-12-16-29(17-13-26)41-23(2)35/h5-17,22,30-31H,18-21H2,1-4H3,(H,34,37)/t22?,30?,31-/m0/s1. The number of ether oxygens (including phenoxy) is 3. The lowest BCUT2D eigenvalue weighted by atomic mass is 9.88. The van der Waals surface area contributed by atoms with Gasteiger partial charge in [-0.05, 0) is 53.3 Å². The summed E-state index contributed by atoms with van der Waals surface area (Å²) in [5.74, 6) is -0.610. The van der Waals surface area contributed by atoms with E-state index in [0.29, 0.717) is 12.2 Å². The molecule has 3 atom stereocenters. The third kappa shape index (κ3) is 10.7. The van der Waals surface area contributed by atoms with Crippen LogP contribution in [-0.2, 0) is 43.4 Å². The monoisotopic (exact) mass is 591 g/mol. The first-order valence-electron chi connectivity index (χ1n) is 13.7. The maximum absolute atomic E-state index is 13.7. The van der Waals surface area contributed by atoms with Crippen LogP contribution in [0.1, 0.15) is 37.5 Å². The van der Waals surface area contributed by atoms with Gasteiger partial charge in [0.25, 0.3) is 0 Å². The van der Waals surface area contributed by atoms with Gasteiger partial charge in [-0.3, -0.25) is 14.4 Å². The predicted molar refractivity (Wildman–Crippen MR) is 162 cm³/mol. The van der Waals surface area contributed by atoms with Crippen LogP contribution < -0.4 is 14.8 Å².